The van der Waals surface area contributed by atoms with Crippen LogP contribution < -0.4 is 5.32 Å². The molecule has 1 atom stereocenters. The fourth-order valence-corrected chi connectivity index (χ4v) is 4.28. The number of hydrogen-bond donors (Lipinski definition) is 1. The maximum absolute atomic E-state index is 5.47. The van der Waals surface area contributed by atoms with Gasteiger partial charge in [0.1, 0.15) is 0 Å². The van der Waals surface area contributed by atoms with E-state index in [1.807, 2.05) is 18.8 Å². The Labute approximate surface area is 161 Å². The van der Waals surface area contributed by atoms with Crippen molar-refractivity contribution in [1.29, 1.82) is 0 Å². The first kappa shape index (κ1) is 19.1. The second-order valence-electron chi connectivity index (χ2n) is 6.77. The fourth-order valence-electron chi connectivity index (χ4n) is 3.42. The predicted octanol–water partition coefficient (Wildman–Crippen LogP) is 3.62. The van der Waals surface area contributed by atoms with Crippen LogP contribution in [0.15, 0.2) is 47.5 Å². The summed E-state index contributed by atoms with van der Waals surface area (Å²) in [6.45, 7) is 3.70. The van der Waals surface area contributed by atoms with Gasteiger partial charge in [0.05, 0.1) is 6.61 Å². The molecule has 1 unspecified atom stereocenters. The van der Waals surface area contributed by atoms with E-state index in [0.29, 0.717) is 5.92 Å². The third-order valence-electron chi connectivity index (χ3n) is 4.80. The Hall–Kier alpha value is -1.72. The quantitative estimate of drug-likeness (QED) is 0.458. The van der Waals surface area contributed by atoms with Crippen LogP contribution in [0.4, 0.5) is 0 Å². The molecular formula is C21H29N3OS. The first-order valence-corrected chi connectivity index (χ1v) is 10.5. The van der Waals surface area contributed by atoms with Gasteiger partial charge in [-0.05, 0) is 22.8 Å². The van der Waals surface area contributed by atoms with E-state index in [1.165, 1.54) is 16.3 Å². The van der Waals surface area contributed by atoms with Gasteiger partial charge in [-0.3, -0.25) is 4.99 Å². The normalized spacial score (nSPS) is 17.6. The zero-order chi connectivity index (χ0) is 18.2. The molecule has 26 heavy (non-hydrogen) atoms. The topological polar surface area (TPSA) is 36.9 Å². The molecule has 1 aliphatic rings. The van der Waals surface area contributed by atoms with Crippen LogP contribution in [-0.2, 0) is 10.5 Å². The van der Waals surface area contributed by atoms with Gasteiger partial charge in [-0.15, -0.1) is 0 Å². The summed E-state index contributed by atoms with van der Waals surface area (Å²) in [4.78, 5) is 6.63. The molecular weight excluding hydrogens is 342 g/mol. The number of aliphatic imine (C=N–C) groups is 1. The molecule has 2 aromatic carbocycles. The van der Waals surface area contributed by atoms with Gasteiger partial charge in [0.15, 0.2) is 5.96 Å². The van der Waals surface area contributed by atoms with Crippen LogP contribution in [0.3, 0.4) is 0 Å². The van der Waals surface area contributed by atoms with Crippen molar-refractivity contribution in [2.75, 3.05) is 46.2 Å². The van der Waals surface area contributed by atoms with Crippen molar-refractivity contribution in [2.24, 2.45) is 10.9 Å². The Morgan fingerprint density at radius 3 is 2.92 bits per heavy atom. The van der Waals surface area contributed by atoms with Crippen LogP contribution in [0.5, 0.6) is 0 Å². The lowest BCUT2D eigenvalue weighted by atomic mass is 10.1. The van der Waals surface area contributed by atoms with Gasteiger partial charge in [0.25, 0.3) is 0 Å². The van der Waals surface area contributed by atoms with E-state index >= 15 is 0 Å². The van der Waals surface area contributed by atoms with Crippen molar-refractivity contribution in [1.82, 2.24) is 10.2 Å². The lowest BCUT2D eigenvalue weighted by Crippen LogP contribution is -2.42. The first-order valence-electron chi connectivity index (χ1n) is 9.32. The van der Waals surface area contributed by atoms with Crippen molar-refractivity contribution >= 4 is 28.5 Å². The third-order valence-corrected chi connectivity index (χ3v) is 5.80. The molecule has 0 aromatic heterocycles. The van der Waals surface area contributed by atoms with E-state index in [9.17, 15) is 0 Å². The molecule has 0 aliphatic carbocycles. The van der Waals surface area contributed by atoms with Crippen molar-refractivity contribution < 1.29 is 4.74 Å². The summed E-state index contributed by atoms with van der Waals surface area (Å²) in [7, 11) is 3.96. The standard InChI is InChI=1S/C21H29N3OS/c1-22-21(24(2)14-17-10-12-25-15-17)23-11-13-26-16-19-8-5-7-18-6-3-4-9-20(18)19/h3-9,17H,10-16H2,1-2H3,(H,22,23). The summed E-state index contributed by atoms with van der Waals surface area (Å²) in [5, 5.41) is 6.17. The molecule has 5 heteroatoms. The number of thioether (sulfide) groups is 1. The van der Waals surface area contributed by atoms with E-state index in [4.69, 9.17) is 4.74 Å². The Bertz CT molecular complexity index is 723. The number of hydrogen-bond acceptors (Lipinski definition) is 3. The van der Waals surface area contributed by atoms with Crippen molar-refractivity contribution in [3.63, 3.8) is 0 Å². The molecule has 1 heterocycles. The highest BCUT2D eigenvalue weighted by Crippen LogP contribution is 2.22. The van der Waals surface area contributed by atoms with Gasteiger partial charge in [-0.2, -0.15) is 11.8 Å². The summed E-state index contributed by atoms with van der Waals surface area (Å²) >= 11 is 1.96. The molecule has 0 bridgehead atoms. The van der Waals surface area contributed by atoms with Gasteiger partial charge in [-0.25, -0.2) is 0 Å². The summed E-state index contributed by atoms with van der Waals surface area (Å²) < 4.78 is 5.47. The summed E-state index contributed by atoms with van der Waals surface area (Å²) in [6, 6.07) is 15.2. The van der Waals surface area contributed by atoms with Gasteiger partial charge in [0.2, 0.25) is 0 Å². The number of fused-ring (bicyclic) bond motifs is 1. The highest BCUT2D eigenvalue weighted by atomic mass is 32.2. The molecule has 0 spiro atoms. The van der Waals surface area contributed by atoms with Crippen molar-refractivity contribution in [3.05, 3.63) is 48.0 Å². The molecule has 1 aliphatic heterocycles. The second kappa shape index (κ2) is 9.83. The number of rotatable bonds is 7. The summed E-state index contributed by atoms with van der Waals surface area (Å²) in [6.07, 6.45) is 1.15. The van der Waals surface area contributed by atoms with Gasteiger partial charge >= 0.3 is 0 Å². The zero-order valence-electron chi connectivity index (χ0n) is 15.8. The minimum atomic E-state index is 0.624. The molecule has 4 nitrogen and oxygen atoms in total. The zero-order valence-corrected chi connectivity index (χ0v) is 16.6. The number of guanidine groups is 1. The van der Waals surface area contributed by atoms with Crippen LogP contribution in [0, 0.1) is 5.92 Å². The number of nitrogens with one attached hydrogen (secondary N) is 1. The minimum Gasteiger partial charge on any atom is -0.381 e. The average molecular weight is 372 g/mol. The van der Waals surface area contributed by atoms with Crippen LogP contribution >= 0.6 is 11.8 Å². The first-order chi connectivity index (χ1) is 12.8. The lowest BCUT2D eigenvalue weighted by molar-refractivity contribution is 0.181. The summed E-state index contributed by atoms with van der Waals surface area (Å²) in [5.41, 5.74) is 1.41. The molecule has 2 aromatic rings. The number of benzene rings is 2. The van der Waals surface area contributed by atoms with Crippen LogP contribution in [0.1, 0.15) is 12.0 Å². The Morgan fingerprint density at radius 2 is 2.12 bits per heavy atom. The van der Waals surface area contributed by atoms with Crippen LogP contribution in [0.25, 0.3) is 10.8 Å². The van der Waals surface area contributed by atoms with Gasteiger partial charge < -0.3 is 15.0 Å². The minimum absolute atomic E-state index is 0.624. The molecule has 1 saturated heterocycles. The molecule has 0 radical (unpaired) electrons. The van der Waals surface area contributed by atoms with Crippen LogP contribution in [-0.4, -0.2) is 57.0 Å². The third kappa shape index (κ3) is 5.15. The Balaban J connectivity index is 1.41. The predicted molar refractivity (Wildman–Crippen MR) is 113 cm³/mol. The maximum Gasteiger partial charge on any atom is 0.193 e. The SMILES string of the molecule is CN=C(NCCSCc1cccc2ccccc12)N(C)CC1CCOC1. The van der Waals surface area contributed by atoms with E-state index in [2.05, 4.69) is 64.7 Å². The monoisotopic (exact) mass is 371 g/mol. The highest BCUT2D eigenvalue weighted by Gasteiger charge is 2.18. The molecule has 1 fully saturated rings. The molecule has 0 saturated carbocycles. The largest absolute Gasteiger partial charge is 0.381 e. The highest BCUT2D eigenvalue weighted by molar-refractivity contribution is 7.98. The smallest absolute Gasteiger partial charge is 0.193 e. The van der Waals surface area contributed by atoms with E-state index < -0.39 is 0 Å². The summed E-state index contributed by atoms with van der Waals surface area (Å²) in [5.74, 6) is 3.70. The average Bonchev–Trinajstić information content (AvgIpc) is 3.17. The molecule has 140 valence electrons. The van der Waals surface area contributed by atoms with E-state index in [1.54, 1.807) is 0 Å². The maximum atomic E-state index is 5.47. The number of nitrogens with zero attached hydrogens (tertiary/aromatic N) is 2. The fraction of sp³-hybridized carbons (Fsp3) is 0.476. The van der Waals surface area contributed by atoms with E-state index in [-0.39, 0.29) is 0 Å². The number of ether oxygens (including phenoxy) is 1. The Kier molecular flexibility index (Phi) is 7.21. The van der Waals surface area contributed by atoms with E-state index in [0.717, 1.165) is 50.2 Å². The molecule has 3 rings (SSSR count). The van der Waals surface area contributed by atoms with Crippen molar-refractivity contribution in [3.8, 4) is 0 Å². The molecule has 1 N–H and O–H groups in total. The molecule has 0 amide bonds. The second-order valence-corrected chi connectivity index (χ2v) is 7.88. The van der Waals surface area contributed by atoms with Gasteiger partial charge in [0, 0.05) is 51.2 Å². The van der Waals surface area contributed by atoms with Gasteiger partial charge in [-0.1, -0.05) is 42.5 Å². The van der Waals surface area contributed by atoms with Crippen molar-refractivity contribution in [2.45, 2.75) is 12.2 Å². The lowest BCUT2D eigenvalue weighted by Gasteiger charge is -2.24. The Morgan fingerprint density at radius 1 is 1.27 bits per heavy atom. The van der Waals surface area contributed by atoms with Crippen LogP contribution in [0.2, 0.25) is 0 Å².